The molecule has 0 aliphatic heterocycles. The third-order valence-corrected chi connectivity index (χ3v) is 10.5. The van der Waals surface area contributed by atoms with Gasteiger partial charge in [0.2, 0.25) is 17.8 Å². The highest BCUT2D eigenvalue weighted by molar-refractivity contribution is 7.81. The Kier molecular flexibility index (Phi) is 14.1. The van der Waals surface area contributed by atoms with E-state index in [4.69, 9.17) is 13.7 Å². The summed E-state index contributed by atoms with van der Waals surface area (Å²) in [7, 11) is 1.47. The number of carbonyl (C=O) groups is 3. The van der Waals surface area contributed by atoms with Crippen LogP contribution >= 0.6 is 0 Å². The van der Waals surface area contributed by atoms with Crippen molar-refractivity contribution in [3.8, 4) is 29.1 Å². The van der Waals surface area contributed by atoms with Crippen molar-refractivity contribution in [3.05, 3.63) is 168 Å². The zero-order valence-corrected chi connectivity index (χ0v) is 36.0. The molecule has 7 aromatic rings. The second kappa shape index (κ2) is 20.5. The number of ether oxygens (including phenoxy) is 2. The number of nitrogens with zero attached hydrogens (tertiary/aromatic N) is 3. The van der Waals surface area contributed by atoms with Crippen molar-refractivity contribution in [1.29, 1.82) is 5.26 Å². The third kappa shape index (κ3) is 11.1. The molecule has 15 nitrogen and oxygen atoms in total. The second-order valence-electron chi connectivity index (χ2n) is 14.4. The number of amides is 2. The van der Waals surface area contributed by atoms with Gasteiger partial charge in [-0.05, 0) is 78.7 Å². The molecule has 65 heavy (non-hydrogen) atoms. The van der Waals surface area contributed by atoms with Crippen LogP contribution < -0.4 is 34.3 Å². The van der Waals surface area contributed by atoms with Gasteiger partial charge in [-0.2, -0.15) is 9.47 Å². The maximum absolute atomic E-state index is 13.6. The van der Waals surface area contributed by atoms with Crippen LogP contribution in [0.1, 0.15) is 34.0 Å². The molecule has 0 radical (unpaired) electrons. The number of hydrogen-bond acceptors (Lipinski definition) is 12. The lowest BCUT2D eigenvalue weighted by Crippen LogP contribution is -2.40. The van der Waals surface area contributed by atoms with Crippen molar-refractivity contribution in [2.45, 2.75) is 26.5 Å². The lowest BCUT2D eigenvalue weighted by molar-refractivity contribution is -0.121. The number of ketones is 1. The highest BCUT2D eigenvalue weighted by Crippen LogP contribution is 2.44. The maximum atomic E-state index is 13.6. The van der Waals surface area contributed by atoms with Gasteiger partial charge in [-0.3, -0.25) is 19.1 Å². The summed E-state index contributed by atoms with van der Waals surface area (Å²) in [6, 6.07) is 42.5. The zero-order chi connectivity index (χ0) is 45.9. The van der Waals surface area contributed by atoms with E-state index in [0.29, 0.717) is 45.8 Å². The molecule has 5 N–H and O–H groups in total. The number of hydrogen-bond donors (Lipinski definition) is 5. The molecule has 0 fully saturated rings. The molecule has 2 amide bonds. The van der Waals surface area contributed by atoms with Gasteiger partial charge >= 0.3 is 11.3 Å². The van der Waals surface area contributed by atoms with E-state index in [1.807, 2.05) is 49.4 Å². The number of benzene rings is 7. The summed E-state index contributed by atoms with van der Waals surface area (Å²) in [6.07, 6.45) is -1.57. The van der Waals surface area contributed by atoms with Crippen LogP contribution in [0.25, 0.3) is 10.8 Å². The summed E-state index contributed by atoms with van der Waals surface area (Å²) >= 11 is -2.15. The van der Waals surface area contributed by atoms with E-state index in [1.165, 1.54) is 62.6 Å². The van der Waals surface area contributed by atoms with Crippen LogP contribution in [-0.2, 0) is 27.4 Å². The number of rotatable bonds is 17. The van der Waals surface area contributed by atoms with E-state index >= 15 is 0 Å². The molecule has 16 heteroatoms. The van der Waals surface area contributed by atoms with E-state index < -0.39 is 35.0 Å². The largest absolute Gasteiger partial charge is 0.505 e. The predicted octanol–water partition coefficient (Wildman–Crippen LogP) is 10.1. The summed E-state index contributed by atoms with van der Waals surface area (Å²) < 4.78 is 32.8. The Morgan fingerprint density at radius 3 is 2.18 bits per heavy atom. The van der Waals surface area contributed by atoms with Gasteiger partial charge in [-0.1, -0.05) is 78.9 Å². The van der Waals surface area contributed by atoms with Crippen LogP contribution in [0.2, 0.25) is 0 Å². The van der Waals surface area contributed by atoms with Crippen LogP contribution in [0.3, 0.4) is 0 Å². The summed E-state index contributed by atoms with van der Waals surface area (Å²) in [5.41, 5.74) is 4.19. The lowest BCUT2D eigenvalue weighted by Gasteiger charge is -2.19. The number of fused-ring (bicyclic) bond motifs is 1. The standard InChI is InChI=1S/C49H41N7O8S/c1-30-17-24-44(62-3)41(25-30)53-49(60)48(46(58)33-13-8-5-9-14-33)63-36-20-18-35(19-21-36)56-65(61)64-37-22-23-39(34(26-37)28-50)54-55-42-27-43(52-31(2)57)47(59)38-15-10-16-40(45(38)42)51-29-32-11-6-4-7-12-32/h4-27,48,51,56,59H,29H2,1-3H3,(H,52,57)(H,53,60). The number of phenolic OH excluding ortho intramolecular Hbond substituents is 1. The zero-order valence-electron chi connectivity index (χ0n) is 35.2. The smallest absolute Gasteiger partial charge is 0.316 e. The molecule has 2 unspecified atom stereocenters. The van der Waals surface area contributed by atoms with Crippen LogP contribution in [0.15, 0.2) is 156 Å². The van der Waals surface area contributed by atoms with Crippen LogP contribution in [0.5, 0.6) is 23.0 Å². The first-order valence-corrected chi connectivity index (χ1v) is 21.1. The number of methoxy groups -OCH3 is 1. The van der Waals surface area contributed by atoms with Crippen molar-refractivity contribution in [1.82, 2.24) is 0 Å². The number of azo groups is 1. The SMILES string of the molecule is COc1ccc(C)cc1NC(=O)C(Oc1ccc(NS(=O)Oc2ccc(N=Nc3cc(NC(C)=O)c(O)c4cccc(NCc5ccccc5)c34)c(C#N)c2)cc1)C(=O)c1ccccc1. The molecule has 326 valence electrons. The molecule has 0 bridgehead atoms. The minimum atomic E-state index is -2.15. The fourth-order valence-electron chi connectivity index (χ4n) is 6.64. The minimum absolute atomic E-state index is 0.0572. The van der Waals surface area contributed by atoms with Crippen LogP contribution in [0.4, 0.5) is 34.1 Å². The van der Waals surface area contributed by atoms with Crippen molar-refractivity contribution in [2.24, 2.45) is 10.2 Å². The Morgan fingerprint density at radius 2 is 1.48 bits per heavy atom. The van der Waals surface area contributed by atoms with E-state index in [1.54, 1.807) is 54.6 Å². The molecule has 7 rings (SSSR count). The van der Waals surface area contributed by atoms with Crippen molar-refractivity contribution < 1.29 is 37.4 Å². The number of Topliss-reactive ketones (excluding diaryl/α,β-unsaturated/α-hetero) is 1. The van der Waals surface area contributed by atoms with Crippen LogP contribution in [-0.4, -0.2) is 40.1 Å². The number of phenols is 1. The van der Waals surface area contributed by atoms with Gasteiger partial charge < -0.3 is 34.7 Å². The first kappa shape index (κ1) is 44.5. The predicted molar refractivity (Wildman–Crippen MR) is 249 cm³/mol. The normalized spacial score (nSPS) is 11.8. The third-order valence-electron chi connectivity index (χ3n) is 9.73. The lowest BCUT2D eigenvalue weighted by atomic mass is 10.0. The van der Waals surface area contributed by atoms with Crippen molar-refractivity contribution >= 4 is 73.8 Å². The van der Waals surface area contributed by atoms with Gasteiger partial charge in [-0.25, -0.2) is 0 Å². The van der Waals surface area contributed by atoms with Crippen molar-refractivity contribution in [3.63, 3.8) is 0 Å². The van der Waals surface area contributed by atoms with Gasteiger partial charge in [-0.15, -0.1) is 10.2 Å². The number of aryl methyl sites for hydroxylation is 1. The molecular formula is C49H41N7O8S. The van der Waals surface area contributed by atoms with Gasteiger partial charge in [0, 0.05) is 47.2 Å². The molecule has 0 saturated carbocycles. The van der Waals surface area contributed by atoms with Gasteiger partial charge in [0.05, 0.1) is 29.7 Å². The molecule has 0 aliphatic carbocycles. The fraction of sp³-hybridized carbons (Fsp3) is 0.102. The summed E-state index contributed by atoms with van der Waals surface area (Å²) in [4.78, 5) is 39.2. The first-order chi connectivity index (χ1) is 31.5. The summed E-state index contributed by atoms with van der Waals surface area (Å²) in [6.45, 7) is 3.66. The Morgan fingerprint density at radius 1 is 0.769 bits per heavy atom. The van der Waals surface area contributed by atoms with Gasteiger partial charge in [0.25, 0.3) is 5.91 Å². The average molecular weight is 888 g/mol. The van der Waals surface area contributed by atoms with E-state index in [0.717, 1.165) is 11.1 Å². The second-order valence-corrected chi connectivity index (χ2v) is 15.2. The molecule has 2 atom stereocenters. The number of aromatic hydroxyl groups is 1. The number of anilines is 4. The Bertz CT molecular complexity index is 2980. The fourth-order valence-corrected chi connectivity index (χ4v) is 7.29. The van der Waals surface area contributed by atoms with Gasteiger partial charge in [0.15, 0.2) is 0 Å². The minimum Gasteiger partial charge on any atom is -0.505 e. The topological polar surface area (TPSA) is 213 Å². The van der Waals surface area contributed by atoms with Gasteiger partial charge in [0.1, 0.15) is 34.8 Å². The Balaban J connectivity index is 1.05. The highest BCUT2D eigenvalue weighted by atomic mass is 32.2. The Hall–Kier alpha value is -8.55. The highest BCUT2D eigenvalue weighted by Gasteiger charge is 2.31. The average Bonchev–Trinajstić information content (AvgIpc) is 3.31. The number of carbonyl (C=O) groups excluding carboxylic acids is 3. The molecule has 7 aromatic carbocycles. The van der Waals surface area contributed by atoms with E-state index in [9.17, 15) is 29.0 Å². The number of nitriles is 1. The van der Waals surface area contributed by atoms with Crippen LogP contribution in [0, 0.1) is 18.3 Å². The summed E-state index contributed by atoms with van der Waals surface area (Å²) in [5, 5.41) is 39.8. The molecular weight excluding hydrogens is 847 g/mol. The molecule has 0 aliphatic rings. The molecule has 0 aromatic heterocycles. The summed E-state index contributed by atoms with van der Waals surface area (Å²) in [5.74, 6) is -1.16. The maximum Gasteiger partial charge on any atom is 0.316 e. The Labute approximate surface area is 376 Å². The van der Waals surface area contributed by atoms with Crippen molar-refractivity contribution in [2.75, 3.05) is 27.8 Å². The quantitative estimate of drug-likeness (QED) is 0.0253. The number of nitrogens with one attached hydrogen (secondary N) is 4. The molecule has 0 saturated heterocycles. The monoisotopic (exact) mass is 887 g/mol. The molecule has 0 heterocycles. The van der Waals surface area contributed by atoms with E-state index in [-0.39, 0.29) is 39.8 Å². The first-order valence-electron chi connectivity index (χ1n) is 20.0. The molecule has 0 spiro atoms. The van der Waals surface area contributed by atoms with E-state index in [2.05, 4.69) is 37.0 Å².